The Labute approximate surface area is 127 Å². The van der Waals surface area contributed by atoms with Crippen LogP contribution in [0.15, 0.2) is 24.3 Å². The standard InChI is InChI=1S/C18H26O3/c1-2-3-14-8-10-18(11-9-14,17(20)21)12-15-4-6-16(13-19)7-5-15/h4-7,14,19H,2-3,8-13H2,1H3,(H,20,21). The third-order valence-electron chi connectivity index (χ3n) is 4.96. The third kappa shape index (κ3) is 3.85. The summed E-state index contributed by atoms with van der Waals surface area (Å²) in [7, 11) is 0. The van der Waals surface area contributed by atoms with E-state index in [1.165, 1.54) is 12.8 Å². The lowest BCUT2D eigenvalue weighted by Gasteiger charge is -2.37. The normalized spacial score (nSPS) is 25.7. The molecule has 1 fully saturated rings. The summed E-state index contributed by atoms with van der Waals surface area (Å²) in [5.74, 6) is 0.0583. The van der Waals surface area contributed by atoms with Crippen LogP contribution in [-0.2, 0) is 17.8 Å². The Morgan fingerprint density at radius 2 is 1.76 bits per heavy atom. The molecule has 3 nitrogen and oxygen atoms in total. The fraction of sp³-hybridized carbons (Fsp3) is 0.611. The molecule has 0 bridgehead atoms. The zero-order valence-corrected chi connectivity index (χ0v) is 12.8. The van der Waals surface area contributed by atoms with E-state index < -0.39 is 11.4 Å². The molecule has 21 heavy (non-hydrogen) atoms. The number of rotatable bonds is 6. The van der Waals surface area contributed by atoms with Crippen molar-refractivity contribution in [1.29, 1.82) is 0 Å². The van der Waals surface area contributed by atoms with Gasteiger partial charge in [-0.2, -0.15) is 0 Å². The molecular formula is C18H26O3. The molecule has 3 heteroatoms. The highest BCUT2D eigenvalue weighted by molar-refractivity contribution is 5.75. The van der Waals surface area contributed by atoms with E-state index in [-0.39, 0.29) is 6.61 Å². The van der Waals surface area contributed by atoms with Crippen LogP contribution in [0.5, 0.6) is 0 Å². The Kier molecular flexibility index (Phi) is 5.40. The van der Waals surface area contributed by atoms with Crippen LogP contribution in [0.4, 0.5) is 0 Å². The molecule has 2 rings (SSSR count). The second-order valence-corrected chi connectivity index (χ2v) is 6.47. The summed E-state index contributed by atoms with van der Waals surface area (Å²) in [5.41, 5.74) is 1.34. The van der Waals surface area contributed by atoms with Gasteiger partial charge in [0.15, 0.2) is 0 Å². The zero-order chi connectivity index (χ0) is 15.3. The van der Waals surface area contributed by atoms with Crippen LogP contribution in [0.25, 0.3) is 0 Å². The van der Waals surface area contributed by atoms with Crippen molar-refractivity contribution in [2.45, 2.75) is 58.5 Å². The largest absolute Gasteiger partial charge is 0.481 e. The van der Waals surface area contributed by atoms with Gasteiger partial charge in [0, 0.05) is 0 Å². The van der Waals surface area contributed by atoms with Gasteiger partial charge in [0.1, 0.15) is 0 Å². The number of aliphatic hydroxyl groups excluding tert-OH is 1. The average Bonchev–Trinajstić information content (AvgIpc) is 2.50. The maximum absolute atomic E-state index is 11.8. The second-order valence-electron chi connectivity index (χ2n) is 6.47. The summed E-state index contributed by atoms with van der Waals surface area (Å²) in [6, 6.07) is 7.67. The molecule has 116 valence electrons. The Morgan fingerprint density at radius 3 is 2.24 bits per heavy atom. The molecule has 1 aromatic rings. The summed E-state index contributed by atoms with van der Waals surface area (Å²) >= 11 is 0. The molecule has 0 spiro atoms. The summed E-state index contributed by atoms with van der Waals surface area (Å²) in [6.45, 7) is 2.23. The van der Waals surface area contributed by atoms with Gasteiger partial charge in [-0.3, -0.25) is 4.79 Å². The molecule has 1 aliphatic rings. The van der Waals surface area contributed by atoms with E-state index in [0.717, 1.165) is 36.8 Å². The average molecular weight is 290 g/mol. The van der Waals surface area contributed by atoms with Crippen molar-refractivity contribution in [3.05, 3.63) is 35.4 Å². The maximum atomic E-state index is 11.8. The molecule has 1 aliphatic carbocycles. The van der Waals surface area contributed by atoms with E-state index in [2.05, 4.69) is 6.92 Å². The Bertz CT molecular complexity index is 456. The van der Waals surface area contributed by atoms with Gasteiger partial charge in [-0.25, -0.2) is 0 Å². The van der Waals surface area contributed by atoms with Crippen molar-refractivity contribution in [1.82, 2.24) is 0 Å². The molecule has 0 atom stereocenters. The second kappa shape index (κ2) is 7.08. The molecule has 0 heterocycles. The summed E-state index contributed by atoms with van der Waals surface area (Å²) in [6.07, 6.45) is 6.66. The fourth-order valence-electron chi connectivity index (χ4n) is 3.55. The first-order valence-corrected chi connectivity index (χ1v) is 8.01. The van der Waals surface area contributed by atoms with E-state index in [0.29, 0.717) is 12.3 Å². The van der Waals surface area contributed by atoms with E-state index in [1.54, 1.807) is 0 Å². The summed E-state index contributed by atoms with van der Waals surface area (Å²) in [4.78, 5) is 11.8. The highest BCUT2D eigenvalue weighted by atomic mass is 16.4. The Hall–Kier alpha value is -1.35. The third-order valence-corrected chi connectivity index (χ3v) is 4.96. The number of aliphatic carboxylic acids is 1. The number of carboxylic acids is 1. The van der Waals surface area contributed by atoms with Gasteiger partial charge in [0.2, 0.25) is 0 Å². The zero-order valence-electron chi connectivity index (χ0n) is 12.8. The molecule has 0 aliphatic heterocycles. The first-order chi connectivity index (χ1) is 10.1. The molecule has 0 radical (unpaired) electrons. The summed E-state index contributed by atoms with van der Waals surface area (Å²) in [5, 5.41) is 18.8. The Balaban J connectivity index is 2.07. The van der Waals surface area contributed by atoms with E-state index in [1.807, 2.05) is 24.3 Å². The minimum atomic E-state index is -0.649. The minimum Gasteiger partial charge on any atom is -0.481 e. The van der Waals surface area contributed by atoms with E-state index in [9.17, 15) is 9.90 Å². The molecule has 1 saturated carbocycles. The molecule has 0 saturated heterocycles. The van der Waals surface area contributed by atoms with Crippen molar-refractivity contribution < 1.29 is 15.0 Å². The number of hydrogen-bond acceptors (Lipinski definition) is 2. The quantitative estimate of drug-likeness (QED) is 0.838. The van der Waals surface area contributed by atoms with Crippen molar-refractivity contribution in [3.63, 3.8) is 0 Å². The van der Waals surface area contributed by atoms with E-state index in [4.69, 9.17) is 5.11 Å². The predicted molar refractivity (Wildman–Crippen MR) is 83.0 cm³/mol. The van der Waals surface area contributed by atoms with Gasteiger partial charge in [0.25, 0.3) is 0 Å². The van der Waals surface area contributed by atoms with Crippen molar-refractivity contribution >= 4 is 5.97 Å². The van der Waals surface area contributed by atoms with Gasteiger partial charge in [-0.15, -0.1) is 0 Å². The molecule has 0 aromatic heterocycles. The van der Waals surface area contributed by atoms with Crippen LogP contribution in [0.1, 0.15) is 56.6 Å². The van der Waals surface area contributed by atoms with Gasteiger partial charge in [-0.05, 0) is 49.1 Å². The van der Waals surface area contributed by atoms with Gasteiger partial charge in [0.05, 0.1) is 12.0 Å². The number of aliphatic hydroxyl groups is 1. The number of carbonyl (C=O) groups is 1. The fourth-order valence-corrected chi connectivity index (χ4v) is 3.55. The van der Waals surface area contributed by atoms with Crippen LogP contribution in [0.3, 0.4) is 0 Å². The van der Waals surface area contributed by atoms with Gasteiger partial charge < -0.3 is 10.2 Å². The van der Waals surface area contributed by atoms with Crippen LogP contribution in [-0.4, -0.2) is 16.2 Å². The minimum absolute atomic E-state index is 0.0308. The molecule has 0 unspecified atom stereocenters. The predicted octanol–water partition coefficient (Wildman–Crippen LogP) is 3.78. The molecule has 1 aromatic carbocycles. The Morgan fingerprint density at radius 1 is 1.19 bits per heavy atom. The molecule has 2 N–H and O–H groups in total. The molecule has 0 amide bonds. The maximum Gasteiger partial charge on any atom is 0.309 e. The monoisotopic (exact) mass is 290 g/mol. The first kappa shape index (κ1) is 16.0. The van der Waals surface area contributed by atoms with Crippen LogP contribution in [0.2, 0.25) is 0 Å². The highest BCUT2D eigenvalue weighted by Gasteiger charge is 2.41. The topological polar surface area (TPSA) is 57.5 Å². The lowest BCUT2D eigenvalue weighted by molar-refractivity contribution is -0.151. The van der Waals surface area contributed by atoms with Gasteiger partial charge in [-0.1, -0.05) is 44.0 Å². The molecular weight excluding hydrogens is 264 g/mol. The van der Waals surface area contributed by atoms with Crippen molar-refractivity contribution in [2.75, 3.05) is 0 Å². The van der Waals surface area contributed by atoms with Crippen LogP contribution >= 0.6 is 0 Å². The smallest absolute Gasteiger partial charge is 0.309 e. The first-order valence-electron chi connectivity index (χ1n) is 8.01. The lowest BCUT2D eigenvalue weighted by Crippen LogP contribution is -2.37. The van der Waals surface area contributed by atoms with Crippen molar-refractivity contribution in [2.24, 2.45) is 11.3 Å². The number of benzene rings is 1. The lowest BCUT2D eigenvalue weighted by atomic mass is 9.67. The highest BCUT2D eigenvalue weighted by Crippen LogP contribution is 2.43. The van der Waals surface area contributed by atoms with Crippen LogP contribution < -0.4 is 0 Å². The SMILES string of the molecule is CCCC1CCC(Cc2ccc(CO)cc2)(C(=O)O)CC1. The van der Waals surface area contributed by atoms with Crippen molar-refractivity contribution in [3.8, 4) is 0 Å². The number of hydrogen-bond donors (Lipinski definition) is 2. The van der Waals surface area contributed by atoms with E-state index >= 15 is 0 Å². The number of carboxylic acid groups (broad SMARTS) is 1. The van der Waals surface area contributed by atoms with Crippen LogP contribution in [0, 0.1) is 11.3 Å². The van der Waals surface area contributed by atoms with Gasteiger partial charge >= 0.3 is 5.97 Å². The summed E-state index contributed by atoms with van der Waals surface area (Å²) < 4.78 is 0.